The van der Waals surface area contributed by atoms with E-state index in [0.717, 1.165) is 5.01 Å². The molecule has 2 aromatic rings. The van der Waals surface area contributed by atoms with Gasteiger partial charge in [-0.15, -0.1) is 17.9 Å². The van der Waals surface area contributed by atoms with Gasteiger partial charge in [0.15, 0.2) is 0 Å². The van der Waals surface area contributed by atoms with Crippen LogP contribution in [0.1, 0.15) is 39.6 Å². The summed E-state index contributed by atoms with van der Waals surface area (Å²) in [4.78, 5) is 9.36. The van der Waals surface area contributed by atoms with Crippen LogP contribution in [0.25, 0.3) is 10.4 Å². The van der Waals surface area contributed by atoms with Crippen LogP contribution in [-0.4, -0.2) is 9.97 Å². The van der Waals surface area contributed by atoms with Gasteiger partial charge in [-0.2, -0.15) is 0 Å². The minimum Gasteiger partial charge on any atom is -0.265 e. The molecule has 2 nitrogen and oxygen atoms in total. The summed E-state index contributed by atoms with van der Waals surface area (Å²) in [6.07, 6.45) is 7.24. The Kier molecular flexibility index (Phi) is 15.2. The maximum absolute atomic E-state index is 4.19. The lowest BCUT2D eigenvalue weighted by Gasteiger charge is -1.92. The fourth-order valence-electron chi connectivity index (χ4n) is 1.01. The molecule has 2 heterocycles. The SMILES string of the molecule is C=CC.CC.CC.Cc1ncc(-c2ccncc2)s1. The van der Waals surface area contributed by atoms with Crippen LogP contribution >= 0.6 is 11.3 Å². The highest BCUT2D eigenvalue weighted by Gasteiger charge is 1.99. The lowest BCUT2D eigenvalue weighted by Crippen LogP contribution is -1.71. The predicted molar refractivity (Wildman–Crippen MR) is 88.6 cm³/mol. The number of allylic oxidation sites excluding steroid dienone is 1. The fourth-order valence-corrected chi connectivity index (χ4v) is 1.79. The monoisotopic (exact) mass is 278 g/mol. The Labute approximate surface area is 122 Å². The van der Waals surface area contributed by atoms with Crippen molar-refractivity contribution in [3.8, 4) is 10.4 Å². The standard InChI is InChI=1S/C9H8N2S.C3H6.2C2H6/c1-7-11-6-9(12-7)8-2-4-10-5-3-8;1-3-2;2*1-2/h2-6H,1H3;3H,1H2,2H3;2*1-2H3. The molecule has 0 radical (unpaired) electrons. The largest absolute Gasteiger partial charge is 0.265 e. The summed E-state index contributed by atoms with van der Waals surface area (Å²) in [5.74, 6) is 0. The smallest absolute Gasteiger partial charge is 0.0900 e. The lowest BCUT2D eigenvalue weighted by atomic mass is 10.2. The van der Waals surface area contributed by atoms with Crippen molar-refractivity contribution in [3.63, 3.8) is 0 Å². The minimum absolute atomic E-state index is 1.10. The zero-order valence-electron chi connectivity index (χ0n) is 13.0. The summed E-state index contributed by atoms with van der Waals surface area (Å²) in [6, 6.07) is 3.99. The fraction of sp³-hybridized carbons (Fsp3) is 0.375. The first-order chi connectivity index (χ1) is 9.27. The van der Waals surface area contributed by atoms with E-state index in [1.54, 1.807) is 29.8 Å². The first kappa shape index (κ1) is 19.9. The summed E-state index contributed by atoms with van der Waals surface area (Å²) in [5.41, 5.74) is 1.19. The van der Waals surface area contributed by atoms with Crippen molar-refractivity contribution in [1.82, 2.24) is 9.97 Å². The summed E-state index contributed by atoms with van der Waals surface area (Å²) in [6.45, 7) is 15.3. The van der Waals surface area contributed by atoms with Gasteiger partial charge in [0.25, 0.3) is 0 Å². The second-order valence-corrected chi connectivity index (χ2v) is 4.12. The Hall–Kier alpha value is -1.48. The number of pyridine rings is 1. The second-order valence-electron chi connectivity index (χ2n) is 2.89. The quantitative estimate of drug-likeness (QED) is 0.620. The van der Waals surface area contributed by atoms with E-state index < -0.39 is 0 Å². The Morgan fingerprint density at radius 1 is 1.11 bits per heavy atom. The van der Waals surface area contributed by atoms with Crippen molar-refractivity contribution < 1.29 is 0 Å². The van der Waals surface area contributed by atoms with Crippen molar-refractivity contribution >= 4 is 11.3 Å². The number of nitrogens with zero attached hydrogens (tertiary/aromatic N) is 2. The minimum atomic E-state index is 1.10. The van der Waals surface area contributed by atoms with Gasteiger partial charge in [-0.25, -0.2) is 4.98 Å². The first-order valence-corrected chi connectivity index (χ1v) is 7.49. The van der Waals surface area contributed by atoms with Gasteiger partial charge in [0.1, 0.15) is 0 Å². The van der Waals surface area contributed by atoms with Gasteiger partial charge in [0.05, 0.1) is 9.88 Å². The van der Waals surface area contributed by atoms with E-state index in [1.807, 2.05) is 59.9 Å². The van der Waals surface area contributed by atoms with E-state index in [4.69, 9.17) is 0 Å². The van der Waals surface area contributed by atoms with Gasteiger partial charge in [0, 0.05) is 18.6 Å². The molecule has 0 amide bonds. The lowest BCUT2D eigenvalue weighted by molar-refractivity contribution is 1.29. The second kappa shape index (κ2) is 14.6. The normalized spacial score (nSPS) is 7.68. The number of hydrogen-bond donors (Lipinski definition) is 0. The topological polar surface area (TPSA) is 25.8 Å². The molecule has 0 bridgehead atoms. The maximum Gasteiger partial charge on any atom is 0.0900 e. The van der Waals surface area contributed by atoms with Crippen molar-refractivity contribution in [2.75, 3.05) is 0 Å². The zero-order chi connectivity index (χ0) is 15.1. The van der Waals surface area contributed by atoms with Gasteiger partial charge in [-0.3, -0.25) is 4.98 Å². The Morgan fingerprint density at radius 3 is 1.95 bits per heavy atom. The number of hydrogen-bond acceptors (Lipinski definition) is 3. The highest BCUT2D eigenvalue weighted by atomic mass is 32.1. The molecular weight excluding hydrogens is 252 g/mol. The third kappa shape index (κ3) is 9.14. The molecule has 0 atom stereocenters. The van der Waals surface area contributed by atoms with E-state index in [0.29, 0.717) is 0 Å². The molecule has 2 aromatic heterocycles. The van der Waals surface area contributed by atoms with Crippen LogP contribution < -0.4 is 0 Å². The van der Waals surface area contributed by atoms with Gasteiger partial charge in [-0.05, 0) is 31.5 Å². The molecule has 0 fully saturated rings. The van der Waals surface area contributed by atoms with Crippen LogP contribution in [-0.2, 0) is 0 Å². The maximum atomic E-state index is 4.19. The molecule has 3 heteroatoms. The Balaban J connectivity index is 0. The third-order valence-electron chi connectivity index (χ3n) is 1.59. The zero-order valence-corrected chi connectivity index (χ0v) is 13.8. The third-order valence-corrected chi connectivity index (χ3v) is 2.55. The van der Waals surface area contributed by atoms with Crippen LogP contribution in [0.5, 0.6) is 0 Å². The summed E-state index contributed by atoms with van der Waals surface area (Å²) < 4.78 is 0. The molecule has 0 spiro atoms. The van der Waals surface area contributed by atoms with Crippen LogP contribution in [0.2, 0.25) is 0 Å². The number of rotatable bonds is 1. The Bertz CT molecular complexity index is 408. The molecule has 0 aliphatic heterocycles. The summed E-state index contributed by atoms with van der Waals surface area (Å²) in [7, 11) is 0. The Morgan fingerprint density at radius 2 is 1.58 bits per heavy atom. The highest BCUT2D eigenvalue weighted by Crippen LogP contribution is 2.24. The number of thiazole rings is 1. The number of aryl methyl sites for hydroxylation is 1. The van der Waals surface area contributed by atoms with Crippen molar-refractivity contribution in [1.29, 1.82) is 0 Å². The molecule has 0 aliphatic carbocycles. The van der Waals surface area contributed by atoms with Gasteiger partial charge in [-0.1, -0.05) is 33.8 Å². The number of aromatic nitrogens is 2. The molecule has 2 rings (SSSR count). The van der Waals surface area contributed by atoms with E-state index in [2.05, 4.69) is 16.5 Å². The molecule has 0 saturated heterocycles. The average molecular weight is 278 g/mol. The molecular formula is C16H26N2S. The predicted octanol–water partition coefficient (Wildman–Crippen LogP) is 5.76. The van der Waals surface area contributed by atoms with Gasteiger partial charge in [0.2, 0.25) is 0 Å². The van der Waals surface area contributed by atoms with Gasteiger partial charge < -0.3 is 0 Å². The first-order valence-electron chi connectivity index (χ1n) is 6.67. The summed E-state index contributed by atoms with van der Waals surface area (Å²) >= 11 is 1.70. The molecule has 0 aliphatic rings. The van der Waals surface area contributed by atoms with Crippen LogP contribution in [0.4, 0.5) is 0 Å². The van der Waals surface area contributed by atoms with Crippen molar-refractivity contribution in [3.05, 3.63) is 48.4 Å². The highest BCUT2D eigenvalue weighted by molar-refractivity contribution is 7.15. The van der Waals surface area contributed by atoms with E-state index in [1.165, 1.54) is 10.4 Å². The van der Waals surface area contributed by atoms with Crippen LogP contribution in [0.15, 0.2) is 43.4 Å². The van der Waals surface area contributed by atoms with Crippen molar-refractivity contribution in [2.45, 2.75) is 41.5 Å². The molecule has 0 N–H and O–H groups in total. The van der Waals surface area contributed by atoms with Crippen LogP contribution in [0.3, 0.4) is 0 Å². The van der Waals surface area contributed by atoms with Crippen LogP contribution in [0, 0.1) is 6.92 Å². The van der Waals surface area contributed by atoms with Gasteiger partial charge >= 0.3 is 0 Å². The van der Waals surface area contributed by atoms with E-state index in [-0.39, 0.29) is 0 Å². The molecule has 19 heavy (non-hydrogen) atoms. The molecule has 0 aromatic carbocycles. The van der Waals surface area contributed by atoms with E-state index >= 15 is 0 Å². The molecule has 106 valence electrons. The van der Waals surface area contributed by atoms with E-state index in [9.17, 15) is 0 Å². The average Bonchev–Trinajstić information content (AvgIpc) is 2.92. The summed E-state index contributed by atoms with van der Waals surface area (Å²) in [5, 5.41) is 1.10. The van der Waals surface area contributed by atoms with Crippen molar-refractivity contribution in [2.24, 2.45) is 0 Å². The molecule has 0 unspecified atom stereocenters. The molecule has 0 saturated carbocycles.